The predicted octanol–water partition coefficient (Wildman–Crippen LogP) is 3.67. The summed E-state index contributed by atoms with van der Waals surface area (Å²) in [7, 11) is -3.64. The van der Waals surface area contributed by atoms with Crippen molar-refractivity contribution in [3.8, 4) is 0 Å². The third-order valence-corrected chi connectivity index (χ3v) is 8.68. The fourth-order valence-electron chi connectivity index (χ4n) is 3.64. The molecule has 11 heteroatoms. The van der Waals surface area contributed by atoms with E-state index >= 15 is 0 Å². The van der Waals surface area contributed by atoms with Crippen LogP contribution in [0, 0.1) is 6.92 Å². The van der Waals surface area contributed by atoms with Crippen LogP contribution in [0.15, 0.2) is 52.5 Å². The van der Waals surface area contributed by atoms with Crippen LogP contribution in [0.1, 0.15) is 26.3 Å². The summed E-state index contributed by atoms with van der Waals surface area (Å²) < 4.78 is 29.3. The van der Waals surface area contributed by atoms with Gasteiger partial charge in [0.15, 0.2) is 5.16 Å². The average molecular weight is 487 g/mol. The summed E-state index contributed by atoms with van der Waals surface area (Å²) in [5.41, 5.74) is 2.81. The van der Waals surface area contributed by atoms with Crippen molar-refractivity contribution in [3.05, 3.63) is 48.0 Å². The lowest BCUT2D eigenvalue weighted by Crippen LogP contribution is -2.31. The zero-order valence-corrected chi connectivity index (χ0v) is 20.5. The second-order valence-corrected chi connectivity index (χ2v) is 10.8. The maximum atomic E-state index is 13.0. The average Bonchev–Trinajstić information content (AvgIpc) is 3.35. The minimum absolute atomic E-state index is 0.197. The van der Waals surface area contributed by atoms with Crippen molar-refractivity contribution >= 4 is 50.2 Å². The molecule has 2 aromatic carbocycles. The summed E-state index contributed by atoms with van der Waals surface area (Å²) in [4.78, 5) is 17.6. The molecule has 4 rings (SSSR count). The molecule has 4 aromatic rings. The Bertz CT molecular complexity index is 1420. The van der Waals surface area contributed by atoms with Gasteiger partial charge in [0.25, 0.3) is 0 Å². The van der Waals surface area contributed by atoms with Crippen molar-refractivity contribution < 1.29 is 13.2 Å². The van der Waals surface area contributed by atoms with Crippen molar-refractivity contribution in [2.45, 2.75) is 43.0 Å². The SMILES string of the molecule is CCN(CC)S(=O)(=O)c1cc(NC(=O)[C@@H](C)Sc2n[nH]c3nc4ccccc4n23)ccc1C. The van der Waals surface area contributed by atoms with Crippen LogP contribution in [0.3, 0.4) is 0 Å². The fourth-order valence-corrected chi connectivity index (χ4v) is 6.21. The molecule has 0 spiro atoms. The lowest BCUT2D eigenvalue weighted by Gasteiger charge is -2.20. The number of nitrogens with one attached hydrogen (secondary N) is 2. The first-order valence-electron chi connectivity index (χ1n) is 10.7. The van der Waals surface area contributed by atoms with E-state index in [2.05, 4.69) is 20.5 Å². The second kappa shape index (κ2) is 9.16. The minimum Gasteiger partial charge on any atom is -0.325 e. The van der Waals surface area contributed by atoms with Crippen molar-refractivity contribution in [1.82, 2.24) is 23.9 Å². The molecule has 0 aliphatic carbocycles. The highest BCUT2D eigenvalue weighted by Gasteiger charge is 2.25. The number of thioether (sulfide) groups is 1. The molecule has 1 atom stereocenters. The molecular weight excluding hydrogens is 460 g/mol. The van der Waals surface area contributed by atoms with Gasteiger partial charge in [0.2, 0.25) is 21.7 Å². The number of hydrogen-bond donors (Lipinski definition) is 2. The quantitative estimate of drug-likeness (QED) is 0.368. The van der Waals surface area contributed by atoms with Crippen LogP contribution in [0.2, 0.25) is 0 Å². The van der Waals surface area contributed by atoms with E-state index in [4.69, 9.17) is 0 Å². The van der Waals surface area contributed by atoms with E-state index in [0.717, 1.165) is 11.0 Å². The lowest BCUT2D eigenvalue weighted by molar-refractivity contribution is -0.115. The number of nitrogens with zero attached hydrogens (tertiary/aromatic N) is 4. The lowest BCUT2D eigenvalue weighted by atomic mass is 10.2. The number of aromatic nitrogens is 4. The van der Waals surface area contributed by atoms with Gasteiger partial charge in [-0.3, -0.25) is 9.20 Å². The largest absolute Gasteiger partial charge is 0.325 e. The van der Waals surface area contributed by atoms with Crippen LogP contribution >= 0.6 is 11.8 Å². The monoisotopic (exact) mass is 486 g/mol. The smallest absolute Gasteiger partial charge is 0.243 e. The number of benzene rings is 2. The first-order chi connectivity index (χ1) is 15.8. The number of anilines is 1. The topological polar surface area (TPSA) is 112 Å². The number of sulfonamides is 1. The van der Waals surface area contributed by atoms with Crippen LogP contribution < -0.4 is 5.32 Å². The summed E-state index contributed by atoms with van der Waals surface area (Å²) in [5, 5.41) is 10.2. The normalized spacial score (nSPS) is 13.1. The Morgan fingerprint density at radius 1 is 1.21 bits per heavy atom. The van der Waals surface area contributed by atoms with E-state index in [-0.39, 0.29) is 10.8 Å². The first kappa shape index (κ1) is 23.3. The van der Waals surface area contributed by atoms with Gasteiger partial charge >= 0.3 is 0 Å². The van der Waals surface area contributed by atoms with Crippen molar-refractivity contribution in [1.29, 1.82) is 0 Å². The standard InChI is InChI=1S/C22H26N6O3S2/c1-5-27(6-2)33(30,31)19-13-16(12-11-14(19)3)23-20(29)15(4)32-22-26-25-21-24-17-9-7-8-10-18(17)28(21)22/h7-13,15H,5-6H2,1-4H3,(H,23,29)(H,24,25)/t15-/m1/s1. The highest BCUT2D eigenvalue weighted by Crippen LogP contribution is 2.28. The number of hydrogen-bond acceptors (Lipinski definition) is 6. The Kier molecular flexibility index (Phi) is 6.46. The summed E-state index contributed by atoms with van der Waals surface area (Å²) in [6.45, 7) is 7.89. The van der Waals surface area contributed by atoms with Gasteiger partial charge in [-0.2, -0.15) is 4.31 Å². The second-order valence-electron chi connectivity index (χ2n) is 7.58. The van der Waals surface area contributed by atoms with E-state index in [1.165, 1.54) is 22.1 Å². The minimum atomic E-state index is -3.64. The van der Waals surface area contributed by atoms with Gasteiger partial charge in [0.1, 0.15) is 0 Å². The summed E-state index contributed by atoms with van der Waals surface area (Å²) >= 11 is 1.29. The summed E-state index contributed by atoms with van der Waals surface area (Å²) in [5.74, 6) is 0.353. The summed E-state index contributed by atoms with van der Waals surface area (Å²) in [6, 6.07) is 12.7. The molecule has 0 bridgehead atoms. The molecule has 2 aromatic heterocycles. The van der Waals surface area contributed by atoms with Gasteiger partial charge in [-0.05, 0) is 43.7 Å². The van der Waals surface area contributed by atoms with E-state index in [1.807, 2.05) is 28.7 Å². The van der Waals surface area contributed by atoms with E-state index in [9.17, 15) is 13.2 Å². The van der Waals surface area contributed by atoms with Crippen LogP contribution in [-0.2, 0) is 14.8 Å². The number of aromatic amines is 1. The van der Waals surface area contributed by atoms with Gasteiger partial charge < -0.3 is 5.32 Å². The number of para-hydroxylation sites is 2. The highest BCUT2D eigenvalue weighted by molar-refractivity contribution is 8.00. The first-order valence-corrected chi connectivity index (χ1v) is 13.0. The number of amides is 1. The Labute approximate surface area is 196 Å². The molecule has 33 heavy (non-hydrogen) atoms. The van der Waals surface area contributed by atoms with Crippen molar-refractivity contribution in [3.63, 3.8) is 0 Å². The molecule has 0 unspecified atom stereocenters. The van der Waals surface area contributed by atoms with E-state index in [0.29, 0.717) is 35.3 Å². The van der Waals surface area contributed by atoms with Crippen LogP contribution in [0.25, 0.3) is 16.8 Å². The van der Waals surface area contributed by atoms with Crippen LogP contribution in [-0.4, -0.2) is 56.6 Å². The molecule has 174 valence electrons. The van der Waals surface area contributed by atoms with E-state index in [1.54, 1.807) is 39.8 Å². The third-order valence-electron chi connectivity index (χ3n) is 5.43. The summed E-state index contributed by atoms with van der Waals surface area (Å²) in [6.07, 6.45) is 0. The maximum absolute atomic E-state index is 13.0. The molecule has 2 N–H and O–H groups in total. The third kappa shape index (κ3) is 4.35. The molecule has 0 aliphatic heterocycles. The molecular formula is C22H26N6O3S2. The Balaban J connectivity index is 1.55. The number of aryl methyl sites for hydroxylation is 1. The molecule has 0 fully saturated rings. The molecule has 0 aliphatic rings. The van der Waals surface area contributed by atoms with Gasteiger partial charge in [-0.1, -0.05) is 43.8 Å². The highest BCUT2D eigenvalue weighted by atomic mass is 32.2. The van der Waals surface area contributed by atoms with Gasteiger partial charge in [-0.25, -0.2) is 18.5 Å². The van der Waals surface area contributed by atoms with Crippen LogP contribution in [0.5, 0.6) is 0 Å². The Morgan fingerprint density at radius 2 is 1.94 bits per heavy atom. The molecule has 0 saturated heterocycles. The van der Waals surface area contributed by atoms with Crippen LogP contribution in [0.4, 0.5) is 5.69 Å². The molecule has 1 amide bonds. The van der Waals surface area contributed by atoms with Gasteiger partial charge in [0.05, 0.1) is 21.2 Å². The number of fused-ring (bicyclic) bond motifs is 3. The Hall–Kier alpha value is -2.89. The van der Waals surface area contributed by atoms with Crippen molar-refractivity contribution in [2.24, 2.45) is 0 Å². The molecule has 9 nitrogen and oxygen atoms in total. The van der Waals surface area contributed by atoms with Gasteiger partial charge in [0, 0.05) is 18.8 Å². The number of carbonyl (C=O) groups is 1. The number of H-pyrrole nitrogens is 1. The molecule has 2 heterocycles. The number of rotatable bonds is 8. The van der Waals surface area contributed by atoms with E-state index < -0.39 is 15.3 Å². The number of carbonyl (C=O) groups excluding carboxylic acids is 1. The van der Waals surface area contributed by atoms with Gasteiger partial charge in [-0.15, -0.1) is 5.10 Å². The zero-order chi connectivity index (χ0) is 23.8. The Morgan fingerprint density at radius 3 is 2.67 bits per heavy atom. The fraction of sp³-hybridized carbons (Fsp3) is 0.318. The molecule has 0 radical (unpaired) electrons. The zero-order valence-electron chi connectivity index (χ0n) is 18.9. The van der Waals surface area contributed by atoms with Crippen molar-refractivity contribution in [2.75, 3.05) is 18.4 Å². The predicted molar refractivity (Wildman–Crippen MR) is 130 cm³/mol. The molecule has 0 saturated carbocycles. The maximum Gasteiger partial charge on any atom is 0.243 e. The number of imidazole rings is 1.